The number of aliphatic carboxylic acids is 1. The Morgan fingerprint density at radius 1 is 1.58 bits per heavy atom. The number of carboxylic acids is 1. The Kier molecular flexibility index (Phi) is 5.43. The molecule has 0 fully saturated rings. The molecular weight excluding hydrogens is 156 g/mol. The Morgan fingerprint density at radius 2 is 2.17 bits per heavy atom. The summed E-state index contributed by atoms with van der Waals surface area (Å²) in [5.74, 6) is -0.935. The quantitative estimate of drug-likeness (QED) is 0.606. The van der Waals surface area contributed by atoms with Gasteiger partial charge in [-0.1, -0.05) is 12.7 Å². The number of ether oxygens (including phenoxy) is 1. The summed E-state index contributed by atoms with van der Waals surface area (Å²) < 4.78 is 4.80. The topological polar surface area (TPSA) is 46.5 Å². The maximum Gasteiger partial charge on any atom is 0.330 e. The van der Waals surface area contributed by atoms with Gasteiger partial charge in [-0.2, -0.15) is 0 Å². The molecular formula is C9H12O3. The first-order chi connectivity index (χ1) is 5.64. The summed E-state index contributed by atoms with van der Waals surface area (Å²) in [6.07, 6.45) is 7.47. The normalized spacial score (nSPS) is 12.4. The van der Waals surface area contributed by atoms with E-state index in [9.17, 15) is 4.79 Å². The molecule has 0 saturated heterocycles. The van der Waals surface area contributed by atoms with Crippen LogP contribution in [0.5, 0.6) is 0 Å². The highest BCUT2D eigenvalue weighted by atomic mass is 16.5. The van der Waals surface area contributed by atoms with E-state index in [1.54, 1.807) is 6.26 Å². The van der Waals surface area contributed by atoms with Gasteiger partial charge in [-0.15, -0.1) is 0 Å². The molecule has 12 heavy (non-hydrogen) atoms. The molecule has 0 aliphatic carbocycles. The Morgan fingerprint density at radius 3 is 2.25 bits per heavy atom. The molecule has 66 valence electrons. The van der Waals surface area contributed by atoms with Crippen molar-refractivity contribution in [2.24, 2.45) is 0 Å². The van der Waals surface area contributed by atoms with Gasteiger partial charge >= 0.3 is 5.97 Å². The van der Waals surface area contributed by atoms with E-state index < -0.39 is 5.97 Å². The van der Waals surface area contributed by atoms with E-state index in [0.717, 1.165) is 6.61 Å². The summed E-state index contributed by atoms with van der Waals surface area (Å²) in [6.45, 7) is 5.33. The van der Waals surface area contributed by atoms with Crippen molar-refractivity contribution in [3.05, 3.63) is 36.6 Å². The van der Waals surface area contributed by atoms with Crippen molar-refractivity contribution in [2.75, 3.05) is 6.61 Å². The molecule has 0 saturated carbocycles. The standard InChI is InChI=1S/C5H6O.C4H6O2/c1-2-4-6-5-3-1;1-3(2)4(5)6/h1-4H,5H2;1H2,2H3,(H,5,6). The van der Waals surface area contributed by atoms with Crippen LogP contribution >= 0.6 is 0 Å². The largest absolute Gasteiger partial charge is 0.497 e. The number of hydrogen-bond donors (Lipinski definition) is 1. The first-order valence-corrected chi connectivity index (χ1v) is 3.46. The number of rotatable bonds is 1. The minimum Gasteiger partial charge on any atom is -0.497 e. The van der Waals surface area contributed by atoms with Gasteiger partial charge in [0, 0.05) is 5.57 Å². The predicted molar refractivity (Wildman–Crippen MR) is 46.7 cm³/mol. The molecule has 1 heterocycles. The van der Waals surface area contributed by atoms with Gasteiger partial charge in [0.2, 0.25) is 0 Å². The number of carbonyl (C=O) groups is 1. The minimum atomic E-state index is -0.935. The van der Waals surface area contributed by atoms with E-state index in [1.165, 1.54) is 6.92 Å². The molecule has 1 rings (SSSR count). The molecule has 0 bridgehead atoms. The number of allylic oxidation sites excluding steroid dienone is 2. The van der Waals surface area contributed by atoms with Crippen LogP contribution in [0.4, 0.5) is 0 Å². The lowest BCUT2D eigenvalue weighted by molar-refractivity contribution is -0.132. The third-order valence-electron chi connectivity index (χ3n) is 0.980. The number of hydrogen-bond acceptors (Lipinski definition) is 2. The summed E-state index contributed by atoms with van der Waals surface area (Å²) in [6, 6.07) is 0. The Hall–Kier alpha value is -1.51. The van der Waals surface area contributed by atoms with Crippen molar-refractivity contribution in [3.8, 4) is 0 Å². The average Bonchev–Trinajstić information content (AvgIpc) is 2.08. The summed E-state index contributed by atoms with van der Waals surface area (Å²) in [7, 11) is 0. The molecule has 0 spiro atoms. The van der Waals surface area contributed by atoms with Crippen LogP contribution in [0.25, 0.3) is 0 Å². The maximum absolute atomic E-state index is 9.60. The third kappa shape index (κ3) is 6.61. The Balaban J connectivity index is 0.000000202. The fourth-order valence-electron chi connectivity index (χ4n) is 0.346. The second-order valence-electron chi connectivity index (χ2n) is 2.18. The first-order valence-electron chi connectivity index (χ1n) is 3.46. The first kappa shape index (κ1) is 10.5. The van der Waals surface area contributed by atoms with Gasteiger partial charge in [-0.3, -0.25) is 0 Å². The van der Waals surface area contributed by atoms with Gasteiger partial charge in [-0.05, 0) is 19.1 Å². The zero-order chi connectivity index (χ0) is 9.40. The predicted octanol–water partition coefficient (Wildman–Crippen LogP) is 1.73. The SMILES string of the molecule is C1=CCOC=C1.C=C(C)C(=O)O. The van der Waals surface area contributed by atoms with Crippen LogP contribution in [0.2, 0.25) is 0 Å². The van der Waals surface area contributed by atoms with Crippen LogP contribution in [0.3, 0.4) is 0 Å². The van der Waals surface area contributed by atoms with E-state index >= 15 is 0 Å². The lowest BCUT2D eigenvalue weighted by atomic mass is 10.4. The van der Waals surface area contributed by atoms with Gasteiger partial charge in [0.25, 0.3) is 0 Å². The minimum absolute atomic E-state index is 0.176. The highest BCUT2D eigenvalue weighted by Crippen LogP contribution is 1.87. The highest BCUT2D eigenvalue weighted by Gasteiger charge is 1.90. The molecule has 0 atom stereocenters. The Labute approximate surface area is 71.7 Å². The molecule has 0 aromatic heterocycles. The smallest absolute Gasteiger partial charge is 0.330 e. The Bertz CT molecular complexity index is 190. The lowest BCUT2D eigenvalue weighted by Gasteiger charge is -1.94. The van der Waals surface area contributed by atoms with Crippen molar-refractivity contribution in [3.63, 3.8) is 0 Å². The van der Waals surface area contributed by atoms with Crippen molar-refractivity contribution in [2.45, 2.75) is 6.92 Å². The molecule has 1 aliphatic rings. The van der Waals surface area contributed by atoms with Gasteiger partial charge in [0.05, 0.1) is 6.26 Å². The van der Waals surface area contributed by atoms with Crippen LogP contribution in [-0.4, -0.2) is 17.7 Å². The van der Waals surface area contributed by atoms with Crippen LogP contribution in [0.15, 0.2) is 36.6 Å². The van der Waals surface area contributed by atoms with E-state index in [-0.39, 0.29) is 5.57 Å². The lowest BCUT2D eigenvalue weighted by Crippen LogP contribution is -1.92. The molecule has 0 aromatic rings. The molecule has 0 amide bonds. The van der Waals surface area contributed by atoms with Gasteiger partial charge in [0.1, 0.15) is 6.61 Å². The van der Waals surface area contributed by atoms with Crippen molar-refractivity contribution in [1.82, 2.24) is 0 Å². The van der Waals surface area contributed by atoms with E-state index in [4.69, 9.17) is 9.84 Å². The molecule has 3 nitrogen and oxygen atoms in total. The van der Waals surface area contributed by atoms with Gasteiger partial charge in [-0.25, -0.2) is 4.79 Å². The van der Waals surface area contributed by atoms with Gasteiger partial charge in [0.15, 0.2) is 0 Å². The molecule has 1 N–H and O–H groups in total. The van der Waals surface area contributed by atoms with E-state index in [2.05, 4.69) is 6.58 Å². The average molecular weight is 168 g/mol. The second kappa shape index (κ2) is 6.22. The molecule has 3 heteroatoms. The summed E-state index contributed by atoms with van der Waals surface area (Å²) in [4.78, 5) is 9.60. The fourth-order valence-corrected chi connectivity index (χ4v) is 0.346. The zero-order valence-electron chi connectivity index (χ0n) is 6.99. The van der Waals surface area contributed by atoms with E-state index in [1.807, 2.05) is 18.2 Å². The summed E-state index contributed by atoms with van der Waals surface area (Å²) >= 11 is 0. The molecule has 1 aliphatic heterocycles. The van der Waals surface area contributed by atoms with Crippen molar-refractivity contribution < 1.29 is 14.6 Å². The fraction of sp³-hybridized carbons (Fsp3) is 0.222. The summed E-state index contributed by atoms with van der Waals surface area (Å²) in [5, 5.41) is 7.89. The van der Waals surface area contributed by atoms with E-state index in [0.29, 0.717) is 0 Å². The monoisotopic (exact) mass is 168 g/mol. The van der Waals surface area contributed by atoms with Crippen molar-refractivity contribution >= 4 is 5.97 Å². The number of carboxylic acid groups (broad SMARTS) is 1. The third-order valence-corrected chi connectivity index (χ3v) is 0.980. The van der Waals surface area contributed by atoms with Crippen LogP contribution in [-0.2, 0) is 9.53 Å². The van der Waals surface area contributed by atoms with Crippen LogP contribution in [0.1, 0.15) is 6.92 Å². The molecule has 0 radical (unpaired) electrons. The van der Waals surface area contributed by atoms with Crippen LogP contribution < -0.4 is 0 Å². The zero-order valence-corrected chi connectivity index (χ0v) is 6.99. The van der Waals surface area contributed by atoms with Crippen LogP contribution in [0, 0.1) is 0 Å². The molecule has 0 aromatic carbocycles. The van der Waals surface area contributed by atoms with Crippen molar-refractivity contribution in [1.29, 1.82) is 0 Å². The maximum atomic E-state index is 9.60. The second-order valence-corrected chi connectivity index (χ2v) is 2.18. The molecule has 0 unspecified atom stereocenters. The van der Waals surface area contributed by atoms with Gasteiger partial charge < -0.3 is 9.84 Å². The summed E-state index contributed by atoms with van der Waals surface area (Å²) in [5.41, 5.74) is 0.176. The highest BCUT2D eigenvalue weighted by molar-refractivity contribution is 5.84.